The number of ether oxygens (including phenoxy) is 1. The predicted molar refractivity (Wildman–Crippen MR) is 61.4 cm³/mol. The second-order valence-electron chi connectivity index (χ2n) is 4.09. The van der Waals surface area contributed by atoms with Crippen LogP contribution in [0.3, 0.4) is 0 Å². The molecule has 1 N–H and O–H groups in total. The van der Waals surface area contributed by atoms with E-state index in [1.807, 2.05) is 0 Å². The van der Waals surface area contributed by atoms with Crippen LogP contribution in [0.15, 0.2) is 12.7 Å². The van der Waals surface area contributed by atoms with Crippen LogP contribution in [0, 0.1) is 0 Å². The van der Waals surface area contributed by atoms with Crippen LogP contribution in [0.4, 0.5) is 4.79 Å². The maximum atomic E-state index is 11.8. The van der Waals surface area contributed by atoms with E-state index >= 15 is 0 Å². The standard InChI is InChI=1S/C11H18N2O4/c1-4-7-17-11(16)13-6-5-8(14)9(13)10(15)12(2)3/h4,8-9,14H,1,5-7H2,2-3H3/t8?,9-/m0/s1. The first-order valence-corrected chi connectivity index (χ1v) is 5.42. The molecule has 0 aromatic rings. The Bertz CT molecular complexity index is 317. The van der Waals surface area contributed by atoms with Crippen molar-refractivity contribution in [3.8, 4) is 0 Å². The lowest BCUT2D eigenvalue weighted by Crippen LogP contribution is -2.49. The highest BCUT2D eigenvalue weighted by atomic mass is 16.6. The normalized spacial score (nSPS) is 23.4. The zero-order chi connectivity index (χ0) is 13.0. The largest absolute Gasteiger partial charge is 0.445 e. The smallest absolute Gasteiger partial charge is 0.410 e. The van der Waals surface area contributed by atoms with E-state index in [0.717, 1.165) is 0 Å². The van der Waals surface area contributed by atoms with Gasteiger partial charge in [0.2, 0.25) is 5.91 Å². The number of hydrogen-bond acceptors (Lipinski definition) is 4. The minimum Gasteiger partial charge on any atom is -0.445 e. The zero-order valence-electron chi connectivity index (χ0n) is 10.1. The molecule has 1 aliphatic rings. The fraction of sp³-hybridized carbons (Fsp3) is 0.636. The summed E-state index contributed by atoms with van der Waals surface area (Å²) in [4.78, 5) is 26.1. The molecule has 0 saturated carbocycles. The van der Waals surface area contributed by atoms with Gasteiger partial charge in [0, 0.05) is 20.6 Å². The average Bonchev–Trinajstić information content (AvgIpc) is 2.66. The summed E-state index contributed by atoms with van der Waals surface area (Å²) in [7, 11) is 3.17. The maximum absolute atomic E-state index is 11.8. The van der Waals surface area contributed by atoms with Crippen molar-refractivity contribution in [1.29, 1.82) is 0 Å². The van der Waals surface area contributed by atoms with Gasteiger partial charge in [0.15, 0.2) is 0 Å². The molecule has 1 unspecified atom stereocenters. The number of rotatable bonds is 3. The van der Waals surface area contributed by atoms with E-state index in [1.54, 1.807) is 14.1 Å². The van der Waals surface area contributed by atoms with Crippen molar-refractivity contribution in [3.63, 3.8) is 0 Å². The Kier molecular flexibility index (Phi) is 4.51. The van der Waals surface area contributed by atoms with Crippen LogP contribution in [-0.2, 0) is 9.53 Å². The maximum Gasteiger partial charge on any atom is 0.410 e. The number of hydrogen-bond donors (Lipinski definition) is 1. The topological polar surface area (TPSA) is 70.1 Å². The van der Waals surface area contributed by atoms with Gasteiger partial charge in [-0.15, -0.1) is 0 Å². The summed E-state index contributed by atoms with van der Waals surface area (Å²) in [6.45, 7) is 3.85. The van der Waals surface area contributed by atoms with Crippen molar-refractivity contribution in [1.82, 2.24) is 9.80 Å². The monoisotopic (exact) mass is 242 g/mol. The van der Waals surface area contributed by atoms with Crippen LogP contribution in [0.5, 0.6) is 0 Å². The van der Waals surface area contributed by atoms with Crippen molar-refractivity contribution >= 4 is 12.0 Å². The second-order valence-corrected chi connectivity index (χ2v) is 4.09. The Morgan fingerprint density at radius 3 is 2.76 bits per heavy atom. The first-order valence-electron chi connectivity index (χ1n) is 5.42. The van der Waals surface area contributed by atoms with E-state index in [-0.39, 0.29) is 12.5 Å². The van der Waals surface area contributed by atoms with Crippen LogP contribution >= 0.6 is 0 Å². The van der Waals surface area contributed by atoms with Crippen molar-refractivity contribution in [2.24, 2.45) is 0 Å². The van der Waals surface area contributed by atoms with Crippen molar-refractivity contribution in [2.45, 2.75) is 18.6 Å². The molecule has 1 aliphatic heterocycles. The molecule has 17 heavy (non-hydrogen) atoms. The number of likely N-dealkylation sites (tertiary alicyclic amines) is 1. The van der Waals surface area contributed by atoms with Crippen LogP contribution in [0.25, 0.3) is 0 Å². The molecule has 96 valence electrons. The highest BCUT2D eigenvalue weighted by Gasteiger charge is 2.42. The first kappa shape index (κ1) is 13.5. The molecular weight excluding hydrogens is 224 g/mol. The van der Waals surface area contributed by atoms with E-state index in [0.29, 0.717) is 13.0 Å². The van der Waals surface area contributed by atoms with Crippen LogP contribution in [-0.4, -0.2) is 66.3 Å². The van der Waals surface area contributed by atoms with Gasteiger partial charge in [0.1, 0.15) is 12.6 Å². The number of carbonyl (C=O) groups is 2. The predicted octanol–water partition coefficient (Wildman–Crippen LogP) is -0.168. The van der Waals surface area contributed by atoms with Crippen LogP contribution in [0.2, 0.25) is 0 Å². The van der Waals surface area contributed by atoms with Crippen molar-refractivity contribution in [3.05, 3.63) is 12.7 Å². The first-order chi connectivity index (χ1) is 7.99. The van der Waals surface area contributed by atoms with Gasteiger partial charge in [-0.05, 0) is 6.42 Å². The SMILES string of the molecule is C=CCOC(=O)N1CCC(O)[C@H]1C(=O)N(C)C. The number of nitrogens with zero attached hydrogens (tertiary/aromatic N) is 2. The lowest BCUT2D eigenvalue weighted by Gasteiger charge is -2.26. The molecule has 6 nitrogen and oxygen atoms in total. The Morgan fingerprint density at radius 1 is 1.59 bits per heavy atom. The van der Waals surface area contributed by atoms with Crippen LogP contribution < -0.4 is 0 Å². The Morgan fingerprint density at radius 2 is 2.24 bits per heavy atom. The fourth-order valence-electron chi connectivity index (χ4n) is 1.76. The molecule has 1 rings (SSSR count). The number of aliphatic hydroxyl groups excluding tert-OH is 1. The van der Waals surface area contributed by atoms with E-state index in [4.69, 9.17) is 4.74 Å². The van der Waals surface area contributed by atoms with Gasteiger partial charge in [-0.1, -0.05) is 12.7 Å². The van der Waals surface area contributed by atoms with Gasteiger partial charge in [-0.25, -0.2) is 4.79 Å². The molecule has 0 radical (unpaired) electrons. The van der Waals surface area contributed by atoms with Crippen molar-refractivity contribution in [2.75, 3.05) is 27.2 Å². The van der Waals surface area contributed by atoms with Crippen LogP contribution in [0.1, 0.15) is 6.42 Å². The molecule has 6 heteroatoms. The summed E-state index contributed by atoms with van der Waals surface area (Å²) in [5.74, 6) is -0.300. The van der Waals surface area contributed by atoms with Gasteiger partial charge >= 0.3 is 6.09 Å². The lowest BCUT2D eigenvalue weighted by atomic mass is 10.1. The Labute approximate surface area is 100 Å². The van der Waals surface area contributed by atoms with Crippen molar-refractivity contribution < 1.29 is 19.4 Å². The third-order valence-electron chi connectivity index (χ3n) is 2.62. The fourth-order valence-corrected chi connectivity index (χ4v) is 1.76. The highest BCUT2D eigenvalue weighted by molar-refractivity contribution is 5.86. The minimum absolute atomic E-state index is 0.0916. The van der Waals surface area contributed by atoms with Gasteiger partial charge in [0.05, 0.1) is 6.10 Å². The molecule has 1 heterocycles. The zero-order valence-corrected chi connectivity index (χ0v) is 10.1. The summed E-state index contributed by atoms with van der Waals surface area (Å²) >= 11 is 0. The van der Waals surface area contributed by atoms with Gasteiger partial charge in [-0.3, -0.25) is 9.69 Å². The van der Waals surface area contributed by atoms with Gasteiger partial charge < -0.3 is 14.7 Å². The third kappa shape index (κ3) is 2.97. The minimum atomic E-state index is -0.845. The van der Waals surface area contributed by atoms with E-state index in [2.05, 4.69) is 6.58 Å². The quantitative estimate of drug-likeness (QED) is 0.698. The third-order valence-corrected chi connectivity index (χ3v) is 2.62. The molecule has 0 aromatic heterocycles. The molecule has 2 atom stereocenters. The van der Waals surface area contributed by atoms with E-state index < -0.39 is 18.2 Å². The molecule has 0 aliphatic carbocycles. The molecule has 0 spiro atoms. The molecule has 2 amide bonds. The molecule has 0 aromatic carbocycles. The molecule has 1 fully saturated rings. The lowest BCUT2D eigenvalue weighted by molar-refractivity contribution is -0.135. The number of amides is 2. The summed E-state index contributed by atoms with van der Waals surface area (Å²) < 4.78 is 4.87. The van der Waals surface area contributed by atoms with E-state index in [9.17, 15) is 14.7 Å². The number of likely N-dealkylation sites (N-methyl/N-ethyl adjacent to an activating group) is 1. The summed E-state index contributed by atoms with van der Waals surface area (Å²) in [6, 6.07) is -0.845. The molecular formula is C11H18N2O4. The summed E-state index contributed by atoms with van der Waals surface area (Å²) in [6.07, 6.45) is 0.406. The van der Waals surface area contributed by atoms with Gasteiger partial charge in [0.25, 0.3) is 0 Å². The molecule has 0 bridgehead atoms. The van der Waals surface area contributed by atoms with Gasteiger partial charge in [-0.2, -0.15) is 0 Å². The van der Waals surface area contributed by atoms with E-state index in [1.165, 1.54) is 15.9 Å². The summed E-state index contributed by atoms with van der Waals surface area (Å²) in [5.41, 5.74) is 0. The Hall–Kier alpha value is -1.56. The number of carbonyl (C=O) groups excluding carboxylic acids is 2. The molecule has 1 saturated heterocycles. The Balaban J connectivity index is 2.74. The summed E-state index contributed by atoms with van der Waals surface area (Å²) in [5, 5.41) is 9.74. The number of aliphatic hydroxyl groups is 1. The second kappa shape index (κ2) is 5.67. The average molecular weight is 242 g/mol. The highest BCUT2D eigenvalue weighted by Crippen LogP contribution is 2.20.